The zero-order valence-electron chi connectivity index (χ0n) is 10.5. The van der Waals surface area contributed by atoms with Gasteiger partial charge in [-0.1, -0.05) is 27.2 Å². The third-order valence-corrected chi connectivity index (χ3v) is 2.72. The Morgan fingerprint density at radius 3 is 2.31 bits per heavy atom. The molecule has 0 rings (SSSR count). The summed E-state index contributed by atoms with van der Waals surface area (Å²) in [6.45, 7) is 6.42. The van der Waals surface area contributed by atoms with Crippen LogP contribution in [0.1, 0.15) is 46.5 Å². The van der Waals surface area contributed by atoms with Crippen molar-refractivity contribution in [1.82, 2.24) is 5.32 Å². The van der Waals surface area contributed by atoms with Gasteiger partial charge >= 0.3 is 5.97 Å². The van der Waals surface area contributed by atoms with Crippen LogP contribution in [0.2, 0.25) is 0 Å². The molecule has 0 saturated heterocycles. The van der Waals surface area contributed by atoms with Crippen molar-refractivity contribution in [3.05, 3.63) is 0 Å². The summed E-state index contributed by atoms with van der Waals surface area (Å²) in [4.78, 5) is 21.7. The molecule has 2 N–H and O–H groups in total. The molecule has 1 atom stereocenters. The van der Waals surface area contributed by atoms with Gasteiger partial charge in [-0.3, -0.25) is 9.59 Å². The summed E-state index contributed by atoms with van der Waals surface area (Å²) in [7, 11) is 0. The van der Waals surface area contributed by atoms with E-state index in [1.807, 2.05) is 13.8 Å². The monoisotopic (exact) mass is 229 g/mol. The van der Waals surface area contributed by atoms with E-state index in [0.717, 1.165) is 12.8 Å². The molecule has 0 saturated carbocycles. The second kappa shape index (κ2) is 8.13. The number of rotatable bonds is 8. The topological polar surface area (TPSA) is 66.4 Å². The molecule has 0 aromatic heterocycles. The highest BCUT2D eigenvalue weighted by molar-refractivity contribution is 5.77. The lowest BCUT2D eigenvalue weighted by atomic mass is 9.96. The van der Waals surface area contributed by atoms with Crippen molar-refractivity contribution in [3.63, 3.8) is 0 Å². The van der Waals surface area contributed by atoms with E-state index >= 15 is 0 Å². The molecule has 0 radical (unpaired) electrons. The van der Waals surface area contributed by atoms with Crippen LogP contribution in [-0.2, 0) is 9.59 Å². The lowest BCUT2D eigenvalue weighted by molar-refractivity contribution is -0.137. The van der Waals surface area contributed by atoms with Gasteiger partial charge in [0.05, 0.1) is 0 Å². The number of amides is 1. The van der Waals surface area contributed by atoms with E-state index in [1.165, 1.54) is 0 Å². The van der Waals surface area contributed by atoms with E-state index in [1.54, 1.807) is 0 Å². The Bertz CT molecular complexity index is 226. The third kappa shape index (κ3) is 7.26. The minimum Gasteiger partial charge on any atom is -0.481 e. The van der Waals surface area contributed by atoms with Crippen LogP contribution in [0.25, 0.3) is 0 Å². The Morgan fingerprint density at radius 1 is 1.25 bits per heavy atom. The van der Waals surface area contributed by atoms with Gasteiger partial charge in [0.1, 0.15) is 0 Å². The maximum atomic E-state index is 11.3. The fourth-order valence-corrected chi connectivity index (χ4v) is 1.48. The molecule has 0 aromatic carbocycles. The number of hydrogen-bond donors (Lipinski definition) is 2. The van der Waals surface area contributed by atoms with Gasteiger partial charge < -0.3 is 10.4 Å². The average molecular weight is 229 g/mol. The predicted octanol–water partition coefficient (Wildman–Crippen LogP) is 2.04. The van der Waals surface area contributed by atoms with Crippen LogP contribution < -0.4 is 5.32 Å². The molecule has 0 heterocycles. The summed E-state index contributed by atoms with van der Waals surface area (Å²) in [6.07, 6.45) is 2.74. The maximum Gasteiger partial charge on any atom is 0.303 e. The Balaban J connectivity index is 3.70. The molecule has 1 amide bonds. The summed E-state index contributed by atoms with van der Waals surface area (Å²) < 4.78 is 0. The second-order valence-electron chi connectivity index (χ2n) is 4.44. The van der Waals surface area contributed by atoms with Crippen LogP contribution in [-0.4, -0.2) is 23.5 Å². The van der Waals surface area contributed by atoms with Crippen molar-refractivity contribution < 1.29 is 14.7 Å². The Kier molecular flexibility index (Phi) is 7.60. The van der Waals surface area contributed by atoms with E-state index in [-0.39, 0.29) is 18.2 Å². The summed E-state index contributed by atoms with van der Waals surface area (Å²) in [5, 5.41) is 11.4. The van der Waals surface area contributed by atoms with Gasteiger partial charge in [-0.05, 0) is 18.8 Å². The van der Waals surface area contributed by atoms with E-state index in [0.29, 0.717) is 18.9 Å². The number of nitrogens with one attached hydrogen (secondary N) is 1. The first-order valence-electron chi connectivity index (χ1n) is 5.96. The van der Waals surface area contributed by atoms with Gasteiger partial charge in [-0.2, -0.15) is 0 Å². The lowest BCUT2D eigenvalue weighted by Gasteiger charge is -2.14. The molecule has 0 aliphatic rings. The van der Waals surface area contributed by atoms with Crippen LogP contribution >= 0.6 is 0 Å². The first kappa shape index (κ1) is 14.9. The number of carboxylic acid groups (broad SMARTS) is 1. The van der Waals surface area contributed by atoms with Crippen molar-refractivity contribution in [2.75, 3.05) is 6.54 Å². The molecule has 4 heteroatoms. The summed E-state index contributed by atoms with van der Waals surface area (Å²) in [5.74, 6) is -0.277. The van der Waals surface area contributed by atoms with Gasteiger partial charge in [-0.15, -0.1) is 0 Å². The van der Waals surface area contributed by atoms with Crippen LogP contribution in [0.5, 0.6) is 0 Å². The maximum absolute atomic E-state index is 11.3. The number of carboxylic acids is 1. The second-order valence-corrected chi connectivity index (χ2v) is 4.44. The number of carbonyl (C=O) groups is 2. The van der Waals surface area contributed by atoms with Gasteiger partial charge in [-0.25, -0.2) is 0 Å². The van der Waals surface area contributed by atoms with Gasteiger partial charge in [0.25, 0.3) is 0 Å². The van der Waals surface area contributed by atoms with Crippen molar-refractivity contribution in [1.29, 1.82) is 0 Å². The minimum atomic E-state index is -0.746. The SMILES string of the molecule is CCC(CCNC(=O)C(C)C)CCC(=O)O. The fourth-order valence-electron chi connectivity index (χ4n) is 1.48. The summed E-state index contributed by atoms with van der Waals surface area (Å²) in [6, 6.07) is 0. The van der Waals surface area contributed by atoms with E-state index < -0.39 is 5.97 Å². The standard InChI is InChI=1S/C12H23NO3/c1-4-10(5-6-11(14)15)7-8-13-12(16)9(2)3/h9-10H,4-8H2,1-3H3,(H,13,16)(H,14,15). The van der Waals surface area contributed by atoms with Gasteiger partial charge in [0.15, 0.2) is 0 Å². The Morgan fingerprint density at radius 2 is 1.88 bits per heavy atom. The summed E-state index contributed by atoms with van der Waals surface area (Å²) >= 11 is 0. The number of aliphatic carboxylic acids is 1. The van der Waals surface area contributed by atoms with Crippen LogP contribution in [0.3, 0.4) is 0 Å². The normalized spacial score (nSPS) is 12.5. The average Bonchev–Trinajstić information content (AvgIpc) is 2.22. The highest BCUT2D eigenvalue weighted by Gasteiger charge is 2.10. The molecule has 4 nitrogen and oxygen atoms in total. The van der Waals surface area contributed by atoms with Crippen molar-refractivity contribution in [2.45, 2.75) is 46.5 Å². The van der Waals surface area contributed by atoms with Crippen molar-refractivity contribution in [3.8, 4) is 0 Å². The molecule has 0 aliphatic carbocycles. The molecule has 0 spiro atoms. The van der Waals surface area contributed by atoms with Gasteiger partial charge in [0, 0.05) is 18.9 Å². The Hall–Kier alpha value is -1.06. The van der Waals surface area contributed by atoms with Crippen molar-refractivity contribution in [2.24, 2.45) is 11.8 Å². The zero-order chi connectivity index (χ0) is 12.6. The third-order valence-electron chi connectivity index (χ3n) is 2.72. The molecule has 0 aromatic rings. The van der Waals surface area contributed by atoms with E-state index in [9.17, 15) is 9.59 Å². The largest absolute Gasteiger partial charge is 0.481 e. The van der Waals surface area contributed by atoms with Crippen molar-refractivity contribution >= 4 is 11.9 Å². The highest BCUT2D eigenvalue weighted by Crippen LogP contribution is 2.14. The molecule has 0 aliphatic heterocycles. The number of carbonyl (C=O) groups excluding carboxylic acids is 1. The lowest BCUT2D eigenvalue weighted by Crippen LogP contribution is -2.29. The van der Waals surface area contributed by atoms with Crippen LogP contribution in [0.15, 0.2) is 0 Å². The molecule has 94 valence electrons. The quantitative estimate of drug-likeness (QED) is 0.669. The molecular formula is C12H23NO3. The Labute approximate surface area is 97.4 Å². The molecule has 0 bridgehead atoms. The zero-order valence-corrected chi connectivity index (χ0v) is 10.5. The number of hydrogen-bond acceptors (Lipinski definition) is 2. The van der Waals surface area contributed by atoms with Gasteiger partial charge in [0.2, 0.25) is 5.91 Å². The summed E-state index contributed by atoms with van der Waals surface area (Å²) in [5.41, 5.74) is 0. The molecule has 16 heavy (non-hydrogen) atoms. The van der Waals surface area contributed by atoms with E-state index in [4.69, 9.17) is 5.11 Å². The fraction of sp³-hybridized carbons (Fsp3) is 0.833. The first-order chi connectivity index (χ1) is 7.47. The first-order valence-corrected chi connectivity index (χ1v) is 5.96. The smallest absolute Gasteiger partial charge is 0.303 e. The predicted molar refractivity (Wildman–Crippen MR) is 63.1 cm³/mol. The van der Waals surface area contributed by atoms with Crippen LogP contribution in [0, 0.1) is 11.8 Å². The van der Waals surface area contributed by atoms with Crippen LogP contribution in [0.4, 0.5) is 0 Å². The molecular weight excluding hydrogens is 206 g/mol. The minimum absolute atomic E-state index is 0.0131. The highest BCUT2D eigenvalue weighted by atomic mass is 16.4. The van der Waals surface area contributed by atoms with E-state index in [2.05, 4.69) is 12.2 Å². The molecule has 1 unspecified atom stereocenters. The molecule has 0 fully saturated rings.